The third-order valence-corrected chi connectivity index (χ3v) is 4.59. The highest BCUT2D eigenvalue weighted by Gasteiger charge is 2.18. The summed E-state index contributed by atoms with van der Waals surface area (Å²) in [7, 11) is 0. The zero-order valence-corrected chi connectivity index (χ0v) is 12.9. The standard InChI is InChI=1S/C17H27N3O/c1-13(15-6-4-2-3-5-7-15)19-12-14-8-10-16(11-9-14)17(18)20-21/h8-11,13,15,19,21H,2-7,12H2,1H3,(H2,18,20)/t13-/m1/s1. The highest BCUT2D eigenvalue weighted by atomic mass is 16.4. The Hall–Kier alpha value is -1.55. The number of oxime groups is 1. The number of hydrogen-bond donors (Lipinski definition) is 3. The van der Waals surface area contributed by atoms with E-state index in [0.29, 0.717) is 6.04 Å². The maximum absolute atomic E-state index is 8.65. The molecule has 0 saturated heterocycles. The molecule has 0 unspecified atom stereocenters. The van der Waals surface area contributed by atoms with Crippen LogP contribution >= 0.6 is 0 Å². The molecule has 4 nitrogen and oxygen atoms in total. The average Bonchev–Trinajstić information content (AvgIpc) is 2.81. The molecule has 1 aromatic rings. The quantitative estimate of drug-likeness (QED) is 0.256. The van der Waals surface area contributed by atoms with E-state index < -0.39 is 0 Å². The molecule has 2 rings (SSSR count). The Bertz CT molecular complexity index is 448. The number of nitrogens with two attached hydrogens (primary N) is 1. The Morgan fingerprint density at radius 1 is 1.24 bits per heavy atom. The Kier molecular flexibility index (Phi) is 6.05. The molecule has 0 heterocycles. The highest BCUT2D eigenvalue weighted by Crippen LogP contribution is 2.25. The number of rotatable bonds is 5. The summed E-state index contributed by atoms with van der Waals surface area (Å²) in [5.74, 6) is 0.963. The summed E-state index contributed by atoms with van der Waals surface area (Å²) in [6, 6.07) is 8.40. The van der Waals surface area contributed by atoms with Gasteiger partial charge in [-0.05, 0) is 31.2 Å². The molecule has 0 bridgehead atoms. The van der Waals surface area contributed by atoms with Gasteiger partial charge in [-0.25, -0.2) is 0 Å². The smallest absolute Gasteiger partial charge is 0.170 e. The van der Waals surface area contributed by atoms with Gasteiger partial charge in [0.2, 0.25) is 0 Å². The van der Waals surface area contributed by atoms with Crippen LogP contribution in [0.3, 0.4) is 0 Å². The van der Waals surface area contributed by atoms with Gasteiger partial charge in [0.25, 0.3) is 0 Å². The number of hydrogen-bond acceptors (Lipinski definition) is 3. The van der Waals surface area contributed by atoms with Crippen LogP contribution in [-0.2, 0) is 6.54 Å². The van der Waals surface area contributed by atoms with Crippen LogP contribution in [0.5, 0.6) is 0 Å². The first kappa shape index (κ1) is 15.8. The molecule has 0 spiro atoms. The molecular weight excluding hydrogens is 262 g/mol. The van der Waals surface area contributed by atoms with Gasteiger partial charge in [0.1, 0.15) is 0 Å². The van der Waals surface area contributed by atoms with E-state index in [-0.39, 0.29) is 5.84 Å². The maximum Gasteiger partial charge on any atom is 0.170 e. The zero-order chi connectivity index (χ0) is 15.1. The summed E-state index contributed by atoms with van der Waals surface area (Å²) < 4.78 is 0. The Morgan fingerprint density at radius 2 is 1.86 bits per heavy atom. The molecular formula is C17H27N3O. The zero-order valence-electron chi connectivity index (χ0n) is 12.9. The van der Waals surface area contributed by atoms with Crippen molar-refractivity contribution in [2.45, 2.75) is 58.0 Å². The number of amidine groups is 1. The second kappa shape index (κ2) is 8.03. The minimum atomic E-state index is 0.154. The largest absolute Gasteiger partial charge is 0.409 e. The fourth-order valence-corrected chi connectivity index (χ4v) is 3.11. The minimum absolute atomic E-state index is 0.154. The van der Waals surface area contributed by atoms with Crippen molar-refractivity contribution in [3.63, 3.8) is 0 Å². The third kappa shape index (κ3) is 4.74. The van der Waals surface area contributed by atoms with Gasteiger partial charge in [-0.15, -0.1) is 0 Å². The van der Waals surface area contributed by atoms with Gasteiger partial charge < -0.3 is 16.3 Å². The van der Waals surface area contributed by atoms with E-state index in [1.807, 2.05) is 24.3 Å². The molecule has 4 heteroatoms. The lowest BCUT2D eigenvalue weighted by atomic mass is 9.93. The van der Waals surface area contributed by atoms with Crippen molar-refractivity contribution < 1.29 is 5.21 Å². The molecule has 1 aliphatic carbocycles. The lowest BCUT2D eigenvalue weighted by Gasteiger charge is -2.23. The average molecular weight is 289 g/mol. The Balaban J connectivity index is 1.84. The molecule has 1 saturated carbocycles. The molecule has 4 N–H and O–H groups in total. The van der Waals surface area contributed by atoms with Gasteiger partial charge in [-0.1, -0.05) is 55.1 Å². The van der Waals surface area contributed by atoms with E-state index >= 15 is 0 Å². The Morgan fingerprint density at radius 3 is 2.43 bits per heavy atom. The summed E-state index contributed by atoms with van der Waals surface area (Å²) in [6.07, 6.45) is 8.28. The summed E-state index contributed by atoms with van der Waals surface area (Å²) in [5, 5.41) is 15.3. The van der Waals surface area contributed by atoms with Crippen LogP contribution in [0.1, 0.15) is 56.6 Å². The first-order chi connectivity index (χ1) is 10.2. The van der Waals surface area contributed by atoms with Gasteiger partial charge in [0.15, 0.2) is 5.84 Å². The van der Waals surface area contributed by atoms with E-state index in [9.17, 15) is 0 Å². The number of nitrogens with one attached hydrogen (secondary N) is 1. The van der Waals surface area contributed by atoms with Gasteiger partial charge >= 0.3 is 0 Å². The van der Waals surface area contributed by atoms with Crippen LogP contribution in [0, 0.1) is 5.92 Å². The SMILES string of the molecule is C[C@@H](NCc1ccc(/C(N)=N/O)cc1)C1CCCCCC1. The molecule has 0 aromatic heterocycles. The van der Waals surface area contributed by atoms with E-state index in [0.717, 1.165) is 18.0 Å². The molecule has 1 atom stereocenters. The van der Waals surface area contributed by atoms with Crippen molar-refractivity contribution in [3.05, 3.63) is 35.4 Å². The van der Waals surface area contributed by atoms with Crippen LogP contribution in [0.25, 0.3) is 0 Å². The van der Waals surface area contributed by atoms with Crippen molar-refractivity contribution in [3.8, 4) is 0 Å². The van der Waals surface area contributed by atoms with Gasteiger partial charge in [0, 0.05) is 18.2 Å². The molecule has 116 valence electrons. The summed E-state index contributed by atoms with van der Waals surface area (Å²) >= 11 is 0. The highest BCUT2D eigenvalue weighted by molar-refractivity contribution is 5.96. The van der Waals surface area contributed by atoms with Crippen LogP contribution in [-0.4, -0.2) is 17.1 Å². The van der Waals surface area contributed by atoms with E-state index in [2.05, 4.69) is 17.4 Å². The van der Waals surface area contributed by atoms with E-state index in [1.54, 1.807) is 0 Å². The second-order valence-electron chi connectivity index (χ2n) is 6.10. The third-order valence-electron chi connectivity index (χ3n) is 4.59. The minimum Gasteiger partial charge on any atom is -0.409 e. The monoisotopic (exact) mass is 289 g/mol. The van der Waals surface area contributed by atoms with E-state index in [4.69, 9.17) is 10.9 Å². The summed E-state index contributed by atoms with van der Waals surface area (Å²) in [5.41, 5.74) is 7.54. The molecule has 0 radical (unpaired) electrons. The predicted octanol–water partition coefficient (Wildman–Crippen LogP) is 3.23. The predicted molar refractivity (Wildman–Crippen MR) is 86.4 cm³/mol. The summed E-state index contributed by atoms with van der Waals surface area (Å²) in [4.78, 5) is 0. The van der Waals surface area contributed by atoms with Crippen molar-refractivity contribution in [2.75, 3.05) is 0 Å². The fourth-order valence-electron chi connectivity index (χ4n) is 3.11. The van der Waals surface area contributed by atoms with Gasteiger partial charge in [-0.3, -0.25) is 0 Å². The van der Waals surface area contributed by atoms with Crippen molar-refractivity contribution in [2.24, 2.45) is 16.8 Å². The molecule has 1 aliphatic rings. The fraction of sp³-hybridized carbons (Fsp3) is 0.588. The van der Waals surface area contributed by atoms with Crippen LogP contribution in [0.2, 0.25) is 0 Å². The molecule has 0 amide bonds. The van der Waals surface area contributed by atoms with Crippen LogP contribution in [0.15, 0.2) is 29.4 Å². The van der Waals surface area contributed by atoms with Crippen molar-refractivity contribution in [1.82, 2.24) is 5.32 Å². The van der Waals surface area contributed by atoms with Gasteiger partial charge in [-0.2, -0.15) is 0 Å². The first-order valence-corrected chi connectivity index (χ1v) is 8.01. The first-order valence-electron chi connectivity index (χ1n) is 8.01. The van der Waals surface area contributed by atoms with Gasteiger partial charge in [0.05, 0.1) is 0 Å². The number of nitrogens with zero attached hydrogens (tertiary/aromatic N) is 1. The molecule has 21 heavy (non-hydrogen) atoms. The summed E-state index contributed by atoms with van der Waals surface area (Å²) in [6.45, 7) is 3.18. The lowest BCUT2D eigenvalue weighted by Crippen LogP contribution is -2.32. The number of benzene rings is 1. The van der Waals surface area contributed by atoms with Crippen molar-refractivity contribution >= 4 is 5.84 Å². The maximum atomic E-state index is 8.65. The Labute approximate surface area is 127 Å². The normalized spacial score (nSPS) is 19.2. The molecule has 0 aliphatic heterocycles. The second-order valence-corrected chi connectivity index (χ2v) is 6.10. The van der Waals surface area contributed by atoms with Crippen molar-refractivity contribution in [1.29, 1.82) is 0 Å². The topological polar surface area (TPSA) is 70.6 Å². The van der Waals surface area contributed by atoms with E-state index in [1.165, 1.54) is 44.1 Å². The van der Waals surface area contributed by atoms with Crippen LogP contribution < -0.4 is 11.1 Å². The van der Waals surface area contributed by atoms with Crippen LogP contribution in [0.4, 0.5) is 0 Å². The molecule has 1 fully saturated rings. The lowest BCUT2D eigenvalue weighted by molar-refractivity contribution is 0.318. The molecule has 1 aromatic carbocycles.